The van der Waals surface area contributed by atoms with E-state index in [0.717, 1.165) is 0 Å². The second-order valence-electron chi connectivity index (χ2n) is 4.12. The summed E-state index contributed by atoms with van der Waals surface area (Å²) >= 11 is 5.89. The van der Waals surface area contributed by atoms with E-state index < -0.39 is 0 Å². The Morgan fingerprint density at radius 3 is 2.75 bits per heavy atom. The second kappa shape index (κ2) is 6.30. The number of carbonyl (C=O) groups excluding carboxylic acids is 1. The van der Waals surface area contributed by atoms with Crippen LogP contribution in [0.3, 0.4) is 0 Å². The molecule has 0 saturated heterocycles. The molecule has 0 bridgehead atoms. The molecule has 20 heavy (non-hydrogen) atoms. The number of hydrogen-bond acceptors (Lipinski definition) is 3. The summed E-state index contributed by atoms with van der Waals surface area (Å²) in [4.78, 5) is 12.3. The Hall–Kier alpha value is -2.20. The fraction of sp³-hybridized carbons (Fsp3) is 0.133. The molecule has 104 valence electrons. The zero-order chi connectivity index (χ0) is 14.5. The number of anilines is 2. The summed E-state index contributed by atoms with van der Waals surface area (Å²) in [6, 6.07) is 12.0. The van der Waals surface area contributed by atoms with Gasteiger partial charge in [-0.1, -0.05) is 23.7 Å². The minimum Gasteiger partial charge on any atom is -0.493 e. The minimum absolute atomic E-state index is 0.325. The lowest BCUT2D eigenvalue weighted by molar-refractivity contribution is 0.102. The summed E-state index contributed by atoms with van der Waals surface area (Å²) < 4.78 is 5.43. The molecule has 0 atom stereocenters. The Bertz CT molecular complexity index is 629. The Morgan fingerprint density at radius 1 is 1.30 bits per heavy atom. The standard InChI is InChI=1S/C15H15ClN2O2/c1-2-20-13-8-4-7-12(17)14(13)15(19)18-11-6-3-5-10(16)9-11/h3-9H,2,17H2,1H3,(H,18,19). The van der Waals surface area contributed by atoms with E-state index in [0.29, 0.717) is 34.3 Å². The SMILES string of the molecule is CCOc1cccc(N)c1C(=O)Nc1cccc(Cl)c1. The normalized spacial score (nSPS) is 10.1. The fourth-order valence-electron chi connectivity index (χ4n) is 1.83. The van der Waals surface area contributed by atoms with E-state index in [-0.39, 0.29) is 5.91 Å². The number of nitrogens with one attached hydrogen (secondary N) is 1. The Kier molecular flexibility index (Phi) is 4.48. The first-order valence-electron chi connectivity index (χ1n) is 6.20. The summed E-state index contributed by atoms with van der Waals surface area (Å²) in [7, 11) is 0. The van der Waals surface area contributed by atoms with Crippen molar-refractivity contribution in [1.29, 1.82) is 0 Å². The zero-order valence-electron chi connectivity index (χ0n) is 11.0. The predicted octanol–water partition coefficient (Wildman–Crippen LogP) is 3.57. The van der Waals surface area contributed by atoms with Gasteiger partial charge in [-0.25, -0.2) is 0 Å². The van der Waals surface area contributed by atoms with Gasteiger partial charge in [0, 0.05) is 16.4 Å². The molecule has 3 N–H and O–H groups in total. The summed E-state index contributed by atoms with van der Waals surface area (Å²) in [5, 5.41) is 3.31. The monoisotopic (exact) mass is 290 g/mol. The number of amides is 1. The minimum atomic E-state index is -0.325. The van der Waals surface area contributed by atoms with E-state index in [2.05, 4.69) is 5.32 Å². The summed E-state index contributed by atoms with van der Waals surface area (Å²) in [5.41, 5.74) is 7.17. The third-order valence-electron chi connectivity index (χ3n) is 2.67. The maximum Gasteiger partial charge on any atom is 0.261 e. The maximum absolute atomic E-state index is 12.3. The maximum atomic E-state index is 12.3. The lowest BCUT2D eigenvalue weighted by Gasteiger charge is -2.12. The summed E-state index contributed by atoms with van der Waals surface area (Å²) in [5.74, 6) is 0.140. The lowest BCUT2D eigenvalue weighted by atomic mass is 10.1. The van der Waals surface area contributed by atoms with Crippen molar-refractivity contribution in [3.63, 3.8) is 0 Å². The van der Waals surface area contributed by atoms with Crippen LogP contribution in [0.15, 0.2) is 42.5 Å². The number of carbonyl (C=O) groups is 1. The van der Waals surface area contributed by atoms with Crippen molar-refractivity contribution >= 4 is 28.9 Å². The predicted molar refractivity (Wildman–Crippen MR) is 81.4 cm³/mol. The molecule has 0 aliphatic carbocycles. The molecule has 0 saturated carbocycles. The van der Waals surface area contributed by atoms with E-state index in [9.17, 15) is 4.79 Å². The van der Waals surface area contributed by atoms with Crippen molar-refractivity contribution in [2.24, 2.45) is 0 Å². The third-order valence-corrected chi connectivity index (χ3v) is 2.90. The lowest BCUT2D eigenvalue weighted by Crippen LogP contribution is -2.15. The van der Waals surface area contributed by atoms with Crippen LogP contribution in [-0.2, 0) is 0 Å². The van der Waals surface area contributed by atoms with Crippen molar-refractivity contribution in [3.8, 4) is 5.75 Å². The van der Waals surface area contributed by atoms with Crippen LogP contribution in [0, 0.1) is 0 Å². The summed E-state index contributed by atoms with van der Waals surface area (Å²) in [6.45, 7) is 2.31. The van der Waals surface area contributed by atoms with Crippen molar-refractivity contribution in [1.82, 2.24) is 0 Å². The van der Waals surface area contributed by atoms with Gasteiger partial charge >= 0.3 is 0 Å². The highest BCUT2D eigenvalue weighted by Gasteiger charge is 2.16. The van der Waals surface area contributed by atoms with Crippen molar-refractivity contribution in [3.05, 3.63) is 53.1 Å². The molecule has 0 aromatic heterocycles. The average molecular weight is 291 g/mol. The van der Waals surface area contributed by atoms with Gasteiger partial charge in [-0.05, 0) is 37.3 Å². The van der Waals surface area contributed by atoms with Crippen LogP contribution < -0.4 is 15.8 Å². The molecule has 4 nitrogen and oxygen atoms in total. The van der Waals surface area contributed by atoms with Crippen molar-refractivity contribution < 1.29 is 9.53 Å². The van der Waals surface area contributed by atoms with Crippen LogP contribution >= 0.6 is 11.6 Å². The van der Waals surface area contributed by atoms with Gasteiger partial charge in [0.15, 0.2) is 0 Å². The van der Waals surface area contributed by atoms with E-state index in [1.165, 1.54) is 0 Å². The quantitative estimate of drug-likeness (QED) is 0.846. The molecule has 0 fully saturated rings. The molecule has 0 unspecified atom stereocenters. The summed E-state index contributed by atoms with van der Waals surface area (Å²) in [6.07, 6.45) is 0. The number of hydrogen-bond donors (Lipinski definition) is 2. The van der Waals surface area contributed by atoms with E-state index in [1.54, 1.807) is 42.5 Å². The number of benzene rings is 2. The molecular weight excluding hydrogens is 276 g/mol. The van der Waals surface area contributed by atoms with E-state index in [4.69, 9.17) is 22.1 Å². The molecular formula is C15H15ClN2O2. The van der Waals surface area contributed by atoms with Crippen LogP contribution in [0.1, 0.15) is 17.3 Å². The molecule has 2 aromatic rings. The van der Waals surface area contributed by atoms with Gasteiger partial charge in [-0.2, -0.15) is 0 Å². The molecule has 5 heteroatoms. The molecule has 0 radical (unpaired) electrons. The van der Waals surface area contributed by atoms with Gasteiger partial charge in [-0.15, -0.1) is 0 Å². The molecule has 1 amide bonds. The van der Waals surface area contributed by atoms with Crippen LogP contribution in [0.25, 0.3) is 0 Å². The fourth-order valence-corrected chi connectivity index (χ4v) is 2.02. The number of nitrogens with two attached hydrogens (primary N) is 1. The molecule has 0 heterocycles. The first kappa shape index (κ1) is 14.2. The number of halogens is 1. The molecule has 0 spiro atoms. The molecule has 0 aliphatic heterocycles. The highest BCUT2D eigenvalue weighted by molar-refractivity contribution is 6.31. The third kappa shape index (κ3) is 3.22. The highest BCUT2D eigenvalue weighted by atomic mass is 35.5. The van der Waals surface area contributed by atoms with Crippen molar-refractivity contribution in [2.75, 3.05) is 17.7 Å². The van der Waals surface area contributed by atoms with Gasteiger partial charge in [-0.3, -0.25) is 4.79 Å². The van der Waals surface area contributed by atoms with Gasteiger partial charge in [0.25, 0.3) is 5.91 Å². The zero-order valence-corrected chi connectivity index (χ0v) is 11.8. The van der Waals surface area contributed by atoms with Crippen LogP contribution in [-0.4, -0.2) is 12.5 Å². The number of nitrogen functional groups attached to an aromatic ring is 1. The first-order chi connectivity index (χ1) is 9.61. The Morgan fingerprint density at radius 2 is 2.05 bits per heavy atom. The Balaban J connectivity index is 2.29. The van der Waals surface area contributed by atoms with E-state index >= 15 is 0 Å². The smallest absolute Gasteiger partial charge is 0.261 e. The highest BCUT2D eigenvalue weighted by Crippen LogP contribution is 2.26. The number of ether oxygens (including phenoxy) is 1. The molecule has 2 aromatic carbocycles. The van der Waals surface area contributed by atoms with Crippen LogP contribution in [0.4, 0.5) is 11.4 Å². The first-order valence-corrected chi connectivity index (χ1v) is 6.58. The van der Waals surface area contributed by atoms with Gasteiger partial charge in [0.1, 0.15) is 11.3 Å². The van der Waals surface area contributed by atoms with Crippen LogP contribution in [0.5, 0.6) is 5.75 Å². The van der Waals surface area contributed by atoms with Crippen molar-refractivity contribution in [2.45, 2.75) is 6.92 Å². The second-order valence-corrected chi connectivity index (χ2v) is 4.55. The largest absolute Gasteiger partial charge is 0.493 e. The van der Waals surface area contributed by atoms with E-state index in [1.807, 2.05) is 6.92 Å². The van der Waals surface area contributed by atoms with Crippen LogP contribution in [0.2, 0.25) is 5.02 Å². The Labute approximate surface area is 122 Å². The van der Waals surface area contributed by atoms with Gasteiger partial charge in [0.2, 0.25) is 0 Å². The number of rotatable bonds is 4. The van der Waals surface area contributed by atoms with Gasteiger partial charge in [0.05, 0.1) is 6.61 Å². The average Bonchev–Trinajstić information content (AvgIpc) is 2.39. The molecule has 2 rings (SSSR count). The van der Waals surface area contributed by atoms with Gasteiger partial charge < -0.3 is 15.8 Å². The molecule has 0 aliphatic rings. The topological polar surface area (TPSA) is 64.3 Å².